The van der Waals surface area contributed by atoms with Crippen LogP contribution in [0.2, 0.25) is 5.02 Å². The summed E-state index contributed by atoms with van der Waals surface area (Å²) in [7, 11) is 0. The summed E-state index contributed by atoms with van der Waals surface area (Å²) in [6.45, 7) is -0.232. The smallest absolute Gasteiger partial charge is 0.293 e. The number of amides is 2. The van der Waals surface area contributed by atoms with Crippen molar-refractivity contribution < 1.29 is 23.1 Å². The highest BCUT2D eigenvalue weighted by Gasteiger charge is 2.36. The number of halogens is 5. The predicted molar refractivity (Wildman–Crippen MR) is 135 cm³/mol. The van der Waals surface area contributed by atoms with Crippen molar-refractivity contribution in [1.82, 2.24) is 4.90 Å². The van der Waals surface area contributed by atoms with E-state index in [0.29, 0.717) is 25.8 Å². The van der Waals surface area contributed by atoms with Crippen LogP contribution in [0, 0.1) is 11.6 Å². The molecule has 0 unspecified atom stereocenters. The summed E-state index contributed by atoms with van der Waals surface area (Å²) in [6.07, 6.45) is 1.56. The molecular formula is C24H14Br2ClF2NO3S. The lowest BCUT2D eigenvalue weighted by atomic mass is 10.2. The highest BCUT2D eigenvalue weighted by atomic mass is 79.9. The first kappa shape index (κ1) is 24.9. The monoisotopic (exact) mass is 627 g/mol. The first-order chi connectivity index (χ1) is 16.2. The number of benzene rings is 3. The van der Waals surface area contributed by atoms with E-state index in [1.807, 2.05) is 0 Å². The summed E-state index contributed by atoms with van der Waals surface area (Å²) in [5.74, 6) is -1.03. The number of hydrogen-bond donors (Lipinski definition) is 0. The molecule has 1 aliphatic heterocycles. The van der Waals surface area contributed by atoms with Crippen LogP contribution in [-0.2, 0) is 17.9 Å². The minimum atomic E-state index is -0.589. The molecule has 34 heavy (non-hydrogen) atoms. The van der Waals surface area contributed by atoms with Crippen molar-refractivity contribution in [3.8, 4) is 5.75 Å². The lowest BCUT2D eigenvalue weighted by Gasteiger charge is -2.14. The fourth-order valence-electron chi connectivity index (χ4n) is 3.20. The lowest BCUT2D eigenvalue weighted by molar-refractivity contribution is -0.123. The number of rotatable bonds is 6. The van der Waals surface area contributed by atoms with Gasteiger partial charge in [-0.25, -0.2) is 8.78 Å². The van der Waals surface area contributed by atoms with E-state index in [0.717, 1.165) is 16.7 Å². The minimum absolute atomic E-state index is 0.0285. The van der Waals surface area contributed by atoms with Gasteiger partial charge in [-0.3, -0.25) is 14.5 Å². The Balaban J connectivity index is 1.53. The van der Waals surface area contributed by atoms with Crippen molar-refractivity contribution in [3.63, 3.8) is 0 Å². The molecule has 10 heteroatoms. The van der Waals surface area contributed by atoms with E-state index in [9.17, 15) is 18.4 Å². The molecule has 174 valence electrons. The first-order valence-corrected chi connectivity index (χ1v) is 12.6. The largest absolute Gasteiger partial charge is 0.486 e. The molecule has 1 fully saturated rings. The average Bonchev–Trinajstić information content (AvgIpc) is 3.04. The second-order valence-electron chi connectivity index (χ2n) is 7.16. The number of thioether (sulfide) groups is 1. The van der Waals surface area contributed by atoms with Crippen LogP contribution in [0.1, 0.15) is 16.7 Å². The average molecular weight is 630 g/mol. The van der Waals surface area contributed by atoms with E-state index >= 15 is 0 Å². The van der Waals surface area contributed by atoms with Crippen molar-refractivity contribution in [2.45, 2.75) is 13.2 Å². The van der Waals surface area contributed by atoms with Gasteiger partial charge in [0, 0.05) is 16.1 Å². The van der Waals surface area contributed by atoms with E-state index < -0.39 is 17.0 Å². The Morgan fingerprint density at radius 1 is 1.00 bits per heavy atom. The third-order valence-corrected chi connectivity index (χ3v) is 7.34. The number of nitrogens with zero attached hydrogens (tertiary/aromatic N) is 1. The molecule has 0 saturated carbocycles. The summed E-state index contributed by atoms with van der Waals surface area (Å²) in [5, 5.41) is -0.375. The third kappa shape index (κ3) is 5.38. The van der Waals surface area contributed by atoms with Gasteiger partial charge in [-0.2, -0.15) is 0 Å². The predicted octanol–water partition coefficient (Wildman–Crippen LogP) is 7.96. The Morgan fingerprint density at radius 2 is 1.68 bits per heavy atom. The molecule has 1 heterocycles. The summed E-state index contributed by atoms with van der Waals surface area (Å²) in [6, 6.07) is 13.9. The SMILES string of the molecule is O=C1S/C(=C\c2cc(Br)c(OCc3ccccc3F)c(Br)c2)C(=O)N1Cc1c(F)cccc1Cl. The van der Waals surface area contributed by atoms with Gasteiger partial charge in [-0.1, -0.05) is 35.9 Å². The van der Waals surface area contributed by atoms with Crippen LogP contribution in [0.15, 0.2) is 68.4 Å². The van der Waals surface area contributed by atoms with Gasteiger partial charge in [-0.05, 0) is 85.6 Å². The minimum Gasteiger partial charge on any atom is -0.486 e. The molecule has 0 bridgehead atoms. The van der Waals surface area contributed by atoms with E-state index in [1.165, 1.54) is 24.3 Å². The van der Waals surface area contributed by atoms with Crippen molar-refractivity contribution in [2.24, 2.45) is 0 Å². The quantitative estimate of drug-likeness (QED) is 0.260. The normalized spacial score (nSPS) is 14.9. The number of carbonyl (C=O) groups is 2. The van der Waals surface area contributed by atoms with E-state index in [1.54, 1.807) is 36.4 Å². The van der Waals surface area contributed by atoms with Crippen LogP contribution >= 0.6 is 55.2 Å². The van der Waals surface area contributed by atoms with Gasteiger partial charge < -0.3 is 4.74 Å². The molecule has 2 amide bonds. The van der Waals surface area contributed by atoms with Crippen LogP contribution < -0.4 is 4.74 Å². The molecule has 1 aliphatic rings. The van der Waals surface area contributed by atoms with Gasteiger partial charge >= 0.3 is 0 Å². The van der Waals surface area contributed by atoms with Gasteiger partial charge in [0.2, 0.25) is 0 Å². The first-order valence-electron chi connectivity index (χ1n) is 9.78. The number of hydrogen-bond acceptors (Lipinski definition) is 4. The molecular weight excluding hydrogens is 616 g/mol. The third-order valence-electron chi connectivity index (χ3n) is 4.90. The molecule has 0 spiro atoms. The Kier molecular flexibility index (Phi) is 7.77. The standard InChI is InChI=1S/C24H14Br2ClF2NO3S/c25-16-8-13(9-17(26)22(16)33-12-14-4-1-2-6-19(14)28)10-21-23(31)30(24(32)34-21)11-15-18(27)5-3-7-20(15)29/h1-10H,11-12H2/b21-10-. The Morgan fingerprint density at radius 3 is 2.35 bits per heavy atom. The zero-order valence-corrected chi connectivity index (χ0v) is 21.9. The Labute approximate surface area is 220 Å². The molecule has 4 nitrogen and oxygen atoms in total. The molecule has 0 aliphatic carbocycles. The van der Waals surface area contributed by atoms with Crippen LogP contribution in [0.3, 0.4) is 0 Å². The summed E-state index contributed by atoms with van der Waals surface area (Å²) in [4.78, 5) is 26.4. The van der Waals surface area contributed by atoms with E-state index in [2.05, 4.69) is 31.9 Å². The van der Waals surface area contributed by atoms with Crippen molar-refractivity contribution >= 4 is 72.4 Å². The van der Waals surface area contributed by atoms with Crippen molar-refractivity contribution in [3.05, 3.63) is 102 Å². The number of carbonyl (C=O) groups excluding carboxylic acids is 2. The van der Waals surface area contributed by atoms with E-state index in [4.69, 9.17) is 16.3 Å². The van der Waals surface area contributed by atoms with Crippen molar-refractivity contribution in [1.29, 1.82) is 0 Å². The fourth-order valence-corrected chi connectivity index (χ4v) is 5.71. The highest BCUT2D eigenvalue weighted by Crippen LogP contribution is 2.39. The molecule has 3 aromatic carbocycles. The molecule has 0 aromatic heterocycles. The van der Waals surface area contributed by atoms with Crippen LogP contribution in [0.25, 0.3) is 6.08 Å². The second kappa shape index (κ2) is 10.6. The van der Waals surface area contributed by atoms with E-state index in [-0.39, 0.29) is 34.5 Å². The van der Waals surface area contributed by atoms with Crippen LogP contribution in [-0.4, -0.2) is 16.0 Å². The molecule has 4 rings (SSSR count). The zero-order chi connectivity index (χ0) is 24.4. The van der Waals surface area contributed by atoms with Gasteiger partial charge in [0.25, 0.3) is 11.1 Å². The topological polar surface area (TPSA) is 46.6 Å². The second-order valence-corrected chi connectivity index (χ2v) is 10.3. The zero-order valence-electron chi connectivity index (χ0n) is 17.2. The Bertz CT molecular complexity index is 1290. The summed E-state index contributed by atoms with van der Waals surface area (Å²) < 4.78 is 34.9. The Hall–Kier alpha value is -2.20. The maximum Gasteiger partial charge on any atom is 0.293 e. The number of imide groups is 1. The molecule has 3 aromatic rings. The highest BCUT2D eigenvalue weighted by molar-refractivity contribution is 9.11. The maximum absolute atomic E-state index is 14.1. The van der Waals surface area contributed by atoms with Crippen LogP contribution in [0.4, 0.5) is 13.6 Å². The molecule has 1 saturated heterocycles. The maximum atomic E-state index is 14.1. The summed E-state index contributed by atoms with van der Waals surface area (Å²) >= 11 is 13.7. The summed E-state index contributed by atoms with van der Waals surface area (Å²) in [5.41, 5.74) is 1.11. The van der Waals surface area contributed by atoms with Gasteiger partial charge in [0.05, 0.1) is 20.4 Å². The molecule has 0 atom stereocenters. The van der Waals surface area contributed by atoms with Crippen molar-refractivity contribution in [2.75, 3.05) is 0 Å². The van der Waals surface area contributed by atoms with Gasteiger partial charge in [0.15, 0.2) is 0 Å². The molecule has 0 radical (unpaired) electrons. The van der Waals surface area contributed by atoms with Crippen LogP contribution in [0.5, 0.6) is 5.75 Å². The van der Waals surface area contributed by atoms with Gasteiger partial charge in [-0.15, -0.1) is 0 Å². The number of ether oxygens (including phenoxy) is 1. The molecule has 0 N–H and O–H groups in total. The fraction of sp³-hybridized carbons (Fsp3) is 0.0833. The lowest BCUT2D eigenvalue weighted by Crippen LogP contribution is -2.28. The van der Waals surface area contributed by atoms with Gasteiger partial charge in [0.1, 0.15) is 24.0 Å².